The van der Waals surface area contributed by atoms with Crippen molar-refractivity contribution in [2.75, 3.05) is 11.9 Å². The van der Waals surface area contributed by atoms with Crippen molar-refractivity contribution >= 4 is 17.3 Å². The van der Waals surface area contributed by atoms with Crippen LogP contribution >= 0.6 is 0 Å². The molecule has 0 aromatic heterocycles. The summed E-state index contributed by atoms with van der Waals surface area (Å²) in [5, 5.41) is 20.0. The van der Waals surface area contributed by atoms with Crippen molar-refractivity contribution in [3.05, 3.63) is 33.6 Å². The summed E-state index contributed by atoms with van der Waals surface area (Å²) in [5.41, 5.74) is -0.918. The molecule has 1 fully saturated rings. The average molecular weight is 296 g/mol. The number of halogens is 1. The van der Waals surface area contributed by atoms with Gasteiger partial charge in [0.15, 0.2) is 0 Å². The minimum atomic E-state index is -1.51. The van der Waals surface area contributed by atoms with Gasteiger partial charge in [-0.15, -0.1) is 0 Å². The summed E-state index contributed by atoms with van der Waals surface area (Å²) >= 11 is 0. The fourth-order valence-corrected chi connectivity index (χ4v) is 2.81. The number of benzene rings is 1. The van der Waals surface area contributed by atoms with Crippen molar-refractivity contribution in [1.82, 2.24) is 0 Å². The lowest BCUT2D eigenvalue weighted by Gasteiger charge is -2.32. The molecule has 0 saturated heterocycles. The topological polar surface area (TPSA) is 83.7 Å². The van der Waals surface area contributed by atoms with Gasteiger partial charge < -0.3 is 10.0 Å². The number of hydrogen-bond acceptors (Lipinski definition) is 4. The van der Waals surface area contributed by atoms with Crippen molar-refractivity contribution in [3.8, 4) is 0 Å². The molecule has 1 aliphatic rings. The largest absolute Gasteiger partial charge is 0.478 e. The van der Waals surface area contributed by atoms with E-state index >= 15 is 0 Å². The van der Waals surface area contributed by atoms with E-state index in [1.165, 1.54) is 0 Å². The molecule has 1 aromatic carbocycles. The van der Waals surface area contributed by atoms with Crippen molar-refractivity contribution in [3.63, 3.8) is 0 Å². The molecule has 0 bridgehead atoms. The van der Waals surface area contributed by atoms with E-state index in [1.807, 2.05) is 0 Å². The van der Waals surface area contributed by atoms with E-state index in [0.29, 0.717) is 0 Å². The van der Waals surface area contributed by atoms with Gasteiger partial charge in [0, 0.05) is 25.2 Å². The van der Waals surface area contributed by atoms with Crippen molar-refractivity contribution in [2.24, 2.45) is 0 Å². The van der Waals surface area contributed by atoms with Crippen molar-refractivity contribution in [2.45, 2.75) is 38.1 Å². The summed E-state index contributed by atoms with van der Waals surface area (Å²) in [7, 11) is 1.69. The van der Waals surface area contributed by atoms with Gasteiger partial charge in [0.1, 0.15) is 17.1 Å². The molecule has 0 radical (unpaired) electrons. The molecule has 1 aliphatic carbocycles. The number of rotatable bonds is 4. The van der Waals surface area contributed by atoms with Crippen LogP contribution in [0.5, 0.6) is 0 Å². The van der Waals surface area contributed by atoms with Crippen LogP contribution in [0.1, 0.15) is 42.5 Å². The van der Waals surface area contributed by atoms with Crippen LogP contribution in [0.25, 0.3) is 0 Å². The van der Waals surface area contributed by atoms with Crippen LogP contribution in [0.4, 0.5) is 15.8 Å². The predicted octanol–water partition coefficient (Wildman–Crippen LogP) is 3.20. The van der Waals surface area contributed by atoms with E-state index in [0.717, 1.165) is 44.2 Å². The molecule has 1 saturated carbocycles. The second-order valence-electron chi connectivity index (χ2n) is 5.29. The van der Waals surface area contributed by atoms with Gasteiger partial charge in [-0.25, -0.2) is 9.18 Å². The van der Waals surface area contributed by atoms with Gasteiger partial charge >= 0.3 is 5.97 Å². The summed E-state index contributed by atoms with van der Waals surface area (Å²) in [6.45, 7) is 0. The second kappa shape index (κ2) is 6.07. The van der Waals surface area contributed by atoms with E-state index in [9.17, 15) is 19.3 Å². The normalized spacial score (nSPS) is 15.7. The van der Waals surface area contributed by atoms with Crippen molar-refractivity contribution < 1.29 is 19.2 Å². The number of carboxylic acids is 1. The van der Waals surface area contributed by atoms with Gasteiger partial charge in [0.25, 0.3) is 5.69 Å². The molecule has 7 heteroatoms. The van der Waals surface area contributed by atoms with Crippen LogP contribution < -0.4 is 4.90 Å². The van der Waals surface area contributed by atoms with E-state index in [1.54, 1.807) is 11.9 Å². The maximum Gasteiger partial charge on any atom is 0.338 e. The van der Waals surface area contributed by atoms with Gasteiger partial charge in [0.2, 0.25) is 0 Å². The maximum absolute atomic E-state index is 13.8. The first kappa shape index (κ1) is 15.2. The lowest BCUT2D eigenvalue weighted by atomic mass is 9.94. The van der Waals surface area contributed by atoms with E-state index < -0.39 is 22.3 Å². The van der Waals surface area contributed by atoms with Gasteiger partial charge in [-0.2, -0.15) is 0 Å². The highest BCUT2D eigenvalue weighted by atomic mass is 19.1. The highest BCUT2D eigenvalue weighted by Gasteiger charge is 2.27. The Hall–Kier alpha value is -2.18. The number of anilines is 1. The zero-order valence-electron chi connectivity index (χ0n) is 11.7. The Bertz CT molecular complexity index is 570. The first-order valence-electron chi connectivity index (χ1n) is 6.86. The third kappa shape index (κ3) is 3.12. The summed E-state index contributed by atoms with van der Waals surface area (Å²) in [4.78, 5) is 23.1. The number of nitro groups is 1. The minimum absolute atomic E-state index is 0.118. The number of carboxylic acid groups (broad SMARTS) is 1. The molecule has 21 heavy (non-hydrogen) atoms. The Kier molecular flexibility index (Phi) is 4.40. The SMILES string of the molecule is CN(c1cc(F)c(C(=O)O)cc1[N+](=O)[O-])C1CCCCC1. The van der Waals surface area contributed by atoms with Crippen LogP contribution in [0, 0.1) is 15.9 Å². The minimum Gasteiger partial charge on any atom is -0.478 e. The zero-order valence-corrected chi connectivity index (χ0v) is 11.7. The number of nitro benzene ring substituents is 1. The molecule has 0 amide bonds. The third-order valence-corrected chi connectivity index (χ3v) is 3.99. The van der Waals surface area contributed by atoms with Crippen LogP contribution in [0.2, 0.25) is 0 Å². The van der Waals surface area contributed by atoms with Gasteiger partial charge in [-0.05, 0) is 12.8 Å². The standard InChI is InChI=1S/C14H17FN2O4/c1-16(9-5-3-2-4-6-9)12-8-11(15)10(14(18)19)7-13(12)17(20)21/h7-9H,2-6H2,1H3,(H,18,19). The molecule has 2 rings (SSSR count). The zero-order chi connectivity index (χ0) is 15.6. The Morgan fingerprint density at radius 2 is 2.00 bits per heavy atom. The Morgan fingerprint density at radius 1 is 1.38 bits per heavy atom. The van der Waals surface area contributed by atoms with Gasteiger partial charge in [-0.3, -0.25) is 10.1 Å². The first-order valence-corrected chi connectivity index (χ1v) is 6.86. The van der Waals surface area contributed by atoms with E-state index in [2.05, 4.69) is 0 Å². The monoisotopic (exact) mass is 296 g/mol. The smallest absolute Gasteiger partial charge is 0.338 e. The first-order chi connectivity index (χ1) is 9.91. The molecule has 6 nitrogen and oxygen atoms in total. The van der Waals surface area contributed by atoms with Crippen LogP contribution in [0.3, 0.4) is 0 Å². The fraction of sp³-hybridized carbons (Fsp3) is 0.500. The van der Waals surface area contributed by atoms with Crippen LogP contribution in [0.15, 0.2) is 12.1 Å². The fourth-order valence-electron chi connectivity index (χ4n) is 2.81. The number of carbonyl (C=O) groups is 1. The second-order valence-corrected chi connectivity index (χ2v) is 5.29. The summed E-state index contributed by atoms with van der Waals surface area (Å²) in [6, 6.07) is 1.87. The third-order valence-electron chi connectivity index (χ3n) is 3.99. The molecule has 114 valence electrons. The maximum atomic E-state index is 13.8. The molecular formula is C14H17FN2O4. The Morgan fingerprint density at radius 3 is 2.52 bits per heavy atom. The van der Waals surface area contributed by atoms with Crippen molar-refractivity contribution in [1.29, 1.82) is 0 Å². The highest BCUT2D eigenvalue weighted by molar-refractivity contribution is 5.90. The van der Waals surface area contributed by atoms with E-state index in [4.69, 9.17) is 5.11 Å². The lowest BCUT2D eigenvalue weighted by Crippen LogP contribution is -2.33. The lowest BCUT2D eigenvalue weighted by molar-refractivity contribution is -0.384. The molecule has 0 unspecified atom stereocenters. The molecular weight excluding hydrogens is 279 g/mol. The highest BCUT2D eigenvalue weighted by Crippen LogP contribution is 2.34. The predicted molar refractivity (Wildman–Crippen MR) is 75.3 cm³/mol. The molecule has 1 N–H and O–H groups in total. The van der Waals surface area contributed by atoms with Gasteiger partial charge in [0.05, 0.1) is 4.92 Å². The Balaban J connectivity index is 2.43. The number of aromatic carboxylic acids is 1. The molecule has 0 spiro atoms. The summed E-state index contributed by atoms with van der Waals surface area (Å²) in [5.74, 6) is -2.46. The van der Waals surface area contributed by atoms with Crippen LogP contribution in [-0.2, 0) is 0 Å². The van der Waals surface area contributed by atoms with Gasteiger partial charge in [-0.1, -0.05) is 19.3 Å². The summed E-state index contributed by atoms with van der Waals surface area (Å²) < 4.78 is 13.8. The molecule has 1 aromatic rings. The summed E-state index contributed by atoms with van der Waals surface area (Å²) in [6.07, 6.45) is 5.02. The van der Waals surface area contributed by atoms with E-state index in [-0.39, 0.29) is 17.4 Å². The molecule has 0 atom stereocenters. The number of nitrogens with zero attached hydrogens (tertiary/aromatic N) is 2. The molecule has 0 aliphatic heterocycles. The van der Waals surface area contributed by atoms with Crippen LogP contribution in [-0.4, -0.2) is 29.1 Å². The molecule has 0 heterocycles. The average Bonchev–Trinajstić information content (AvgIpc) is 2.46. The number of hydrogen-bond donors (Lipinski definition) is 1. The quantitative estimate of drug-likeness (QED) is 0.681. The Labute approximate surface area is 121 Å².